The standard InChI is InChI=1S/C27H12Br2/c28-27(29)25-21-13-5-1-9-17(21)18-10-3-7-15-16-8-4-12-20(24(16)26(25,27)23(15)18)19-11-2-6-14(13)22(19)25/h1-12H. The van der Waals surface area contributed by atoms with Crippen molar-refractivity contribution in [2.24, 2.45) is 0 Å². The third-order valence-corrected chi connectivity index (χ3v) is 10.7. The lowest BCUT2D eigenvalue weighted by Gasteiger charge is -2.35. The van der Waals surface area contributed by atoms with Gasteiger partial charge >= 0.3 is 0 Å². The monoisotopic (exact) mass is 494 g/mol. The zero-order chi connectivity index (χ0) is 18.9. The predicted molar refractivity (Wildman–Crippen MR) is 124 cm³/mol. The highest BCUT2D eigenvalue weighted by atomic mass is 79.9. The number of hydrogen-bond acceptors (Lipinski definition) is 0. The van der Waals surface area contributed by atoms with E-state index in [1.807, 2.05) is 0 Å². The average molecular weight is 496 g/mol. The summed E-state index contributed by atoms with van der Waals surface area (Å²) in [5, 5.41) is 0. The summed E-state index contributed by atoms with van der Waals surface area (Å²) in [7, 11) is 0. The summed E-state index contributed by atoms with van der Waals surface area (Å²) in [6.07, 6.45) is 0. The Morgan fingerprint density at radius 1 is 0.379 bits per heavy atom. The van der Waals surface area contributed by atoms with Crippen LogP contribution in [0.2, 0.25) is 0 Å². The number of halogens is 2. The Morgan fingerprint density at radius 2 is 0.586 bits per heavy atom. The zero-order valence-electron chi connectivity index (χ0n) is 15.2. The average Bonchev–Trinajstić information content (AvgIpc) is 3.00. The Balaban J connectivity index is 1.71. The lowest BCUT2D eigenvalue weighted by Crippen LogP contribution is -2.29. The van der Waals surface area contributed by atoms with Crippen LogP contribution in [0.15, 0.2) is 72.8 Å². The highest BCUT2D eigenvalue weighted by molar-refractivity contribution is 9.25. The first kappa shape index (κ1) is 14.8. The molecular weight excluding hydrogens is 484 g/mol. The van der Waals surface area contributed by atoms with Crippen LogP contribution >= 0.6 is 31.9 Å². The van der Waals surface area contributed by atoms with Gasteiger partial charge in [-0.2, -0.15) is 0 Å². The lowest BCUT2D eigenvalue weighted by molar-refractivity contribution is 0.702. The summed E-state index contributed by atoms with van der Waals surface area (Å²) >= 11 is 8.61. The van der Waals surface area contributed by atoms with Crippen molar-refractivity contribution in [2.75, 3.05) is 0 Å². The van der Waals surface area contributed by atoms with Crippen LogP contribution < -0.4 is 0 Å². The molecular formula is C27H12Br2. The van der Waals surface area contributed by atoms with E-state index in [4.69, 9.17) is 0 Å². The van der Waals surface area contributed by atoms with E-state index in [9.17, 15) is 0 Å². The maximum Gasteiger partial charge on any atom is 0.110 e. The molecule has 0 unspecified atom stereocenters. The molecule has 0 aromatic heterocycles. The molecule has 0 atom stereocenters. The van der Waals surface area contributed by atoms with Gasteiger partial charge in [0.15, 0.2) is 0 Å². The first-order chi connectivity index (χ1) is 14.2. The third kappa shape index (κ3) is 1.04. The highest BCUT2D eigenvalue weighted by Gasteiger charge is 2.94. The van der Waals surface area contributed by atoms with Gasteiger partial charge < -0.3 is 0 Å². The fraction of sp³-hybridized carbons (Fsp3) is 0.111. The molecule has 1 saturated carbocycles. The van der Waals surface area contributed by atoms with Gasteiger partial charge in [-0.05, 0) is 66.8 Å². The number of alkyl halides is 2. The van der Waals surface area contributed by atoms with E-state index in [1.165, 1.54) is 66.8 Å². The molecule has 4 aromatic carbocycles. The third-order valence-electron chi connectivity index (χ3n) is 8.36. The second-order valence-electron chi connectivity index (χ2n) is 8.99. The largest absolute Gasteiger partial charge is 0.110 e. The molecule has 0 aliphatic heterocycles. The molecule has 5 aliphatic rings. The maximum atomic E-state index is 4.30. The smallest absolute Gasteiger partial charge is 0.0699 e. The molecule has 0 amide bonds. The first-order valence-electron chi connectivity index (χ1n) is 10.1. The Kier molecular flexibility index (Phi) is 1.99. The van der Waals surface area contributed by atoms with Crippen LogP contribution in [0.3, 0.4) is 0 Å². The van der Waals surface area contributed by atoms with Crippen LogP contribution in [0, 0.1) is 0 Å². The minimum absolute atomic E-state index is 0.0828. The van der Waals surface area contributed by atoms with Crippen molar-refractivity contribution in [3.8, 4) is 44.5 Å². The van der Waals surface area contributed by atoms with Crippen LogP contribution in [0.1, 0.15) is 22.3 Å². The van der Waals surface area contributed by atoms with Gasteiger partial charge in [0.1, 0.15) is 3.23 Å². The van der Waals surface area contributed by atoms with Crippen LogP contribution in [-0.4, -0.2) is 3.23 Å². The van der Waals surface area contributed by atoms with E-state index in [0.717, 1.165) is 0 Å². The molecule has 0 N–H and O–H groups in total. The summed E-state index contributed by atoms with van der Waals surface area (Å²) in [6, 6.07) is 27.7. The quantitative estimate of drug-likeness (QED) is 0.196. The summed E-state index contributed by atoms with van der Waals surface area (Å²) in [5.74, 6) is 0. The molecule has 2 heteroatoms. The van der Waals surface area contributed by atoms with E-state index in [2.05, 4.69) is 105 Å². The molecule has 1 fully saturated rings. The van der Waals surface area contributed by atoms with E-state index < -0.39 is 0 Å². The van der Waals surface area contributed by atoms with Crippen LogP contribution in [-0.2, 0) is 10.8 Å². The van der Waals surface area contributed by atoms with Gasteiger partial charge in [-0.15, -0.1) is 0 Å². The molecule has 0 saturated heterocycles. The van der Waals surface area contributed by atoms with Gasteiger partial charge in [-0.25, -0.2) is 0 Å². The van der Waals surface area contributed by atoms with Crippen molar-refractivity contribution in [1.82, 2.24) is 0 Å². The number of hydrogen-bond donors (Lipinski definition) is 0. The fourth-order valence-electron chi connectivity index (χ4n) is 7.74. The molecule has 4 aromatic rings. The van der Waals surface area contributed by atoms with Gasteiger partial charge in [0, 0.05) is 0 Å². The van der Waals surface area contributed by atoms with Gasteiger partial charge in [-0.1, -0.05) is 105 Å². The Labute approximate surface area is 184 Å². The minimum atomic E-state index is -0.217. The molecule has 5 aliphatic carbocycles. The summed E-state index contributed by atoms with van der Waals surface area (Å²) < 4.78 is -0.217. The zero-order valence-corrected chi connectivity index (χ0v) is 18.4. The molecule has 0 bridgehead atoms. The van der Waals surface area contributed by atoms with E-state index in [0.29, 0.717) is 0 Å². The highest BCUT2D eigenvalue weighted by Crippen LogP contribution is 2.94. The van der Waals surface area contributed by atoms with Crippen molar-refractivity contribution in [2.45, 2.75) is 14.1 Å². The van der Waals surface area contributed by atoms with Gasteiger partial charge in [0.05, 0.1) is 10.8 Å². The van der Waals surface area contributed by atoms with Crippen LogP contribution in [0.5, 0.6) is 0 Å². The fourth-order valence-corrected chi connectivity index (χ4v) is 10.3. The lowest BCUT2D eigenvalue weighted by atomic mass is 9.65. The SMILES string of the molecule is BrC1(Br)C23c4c5cccc4-c4cccc6c4C12c1c-6cccc1-c1cccc-5c13. The molecule has 0 nitrogen and oxygen atoms in total. The van der Waals surface area contributed by atoms with Gasteiger partial charge in [0.2, 0.25) is 0 Å². The van der Waals surface area contributed by atoms with Gasteiger partial charge in [0.25, 0.3) is 0 Å². The van der Waals surface area contributed by atoms with E-state index >= 15 is 0 Å². The van der Waals surface area contributed by atoms with Crippen molar-refractivity contribution < 1.29 is 0 Å². The first-order valence-corrected chi connectivity index (χ1v) is 11.7. The molecule has 0 radical (unpaired) electrons. The van der Waals surface area contributed by atoms with E-state index in [1.54, 1.807) is 0 Å². The number of rotatable bonds is 0. The summed E-state index contributed by atoms with van der Waals surface area (Å²) in [6.45, 7) is 0. The molecule has 29 heavy (non-hydrogen) atoms. The molecule has 2 spiro atoms. The van der Waals surface area contributed by atoms with Crippen LogP contribution in [0.4, 0.5) is 0 Å². The van der Waals surface area contributed by atoms with Crippen molar-refractivity contribution in [1.29, 1.82) is 0 Å². The molecule has 134 valence electrons. The predicted octanol–water partition coefficient (Wildman–Crippen LogP) is 7.38. The van der Waals surface area contributed by atoms with Crippen molar-refractivity contribution in [3.05, 3.63) is 95.1 Å². The topological polar surface area (TPSA) is 0 Å². The molecule has 9 rings (SSSR count). The Bertz CT molecular complexity index is 1320. The number of benzene rings is 4. The second kappa shape index (κ2) is 3.91. The minimum Gasteiger partial charge on any atom is -0.0699 e. The van der Waals surface area contributed by atoms with Gasteiger partial charge in [-0.3, -0.25) is 0 Å². The normalized spacial score (nSPS) is 20.9. The van der Waals surface area contributed by atoms with E-state index in [-0.39, 0.29) is 14.1 Å². The van der Waals surface area contributed by atoms with Crippen LogP contribution in [0.25, 0.3) is 44.5 Å². The summed E-state index contributed by atoms with van der Waals surface area (Å²) in [4.78, 5) is 0. The maximum absolute atomic E-state index is 4.30. The van der Waals surface area contributed by atoms with Crippen molar-refractivity contribution in [3.63, 3.8) is 0 Å². The second-order valence-corrected chi connectivity index (χ2v) is 12.4. The Hall–Kier alpha value is -2.16. The Morgan fingerprint density at radius 3 is 0.793 bits per heavy atom. The van der Waals surface area contributed by atoms with Crippen molar-refractivity contribution >= 4 is 31.9 Å². The molecule has 0 heterocycles. The summed E-state index contributed by atoms with van der Waals surface area (Å²) in [5.41, 5.74) is 17.2. The number of fused-ring (bicyclic) bond motifs is 4.